The second-order valence-corrected chi connectivity index (χ2v) is 9.04. The van der Waals surface area contributed by atoms with Crippen LogP contribution in [-0.2, 0) is 22.6 Å². The van der Waals surface area contributed by atoms with Crippen molar-refractivity contribution in [2.45, 2.75) is 44.5 Å². The summed E-state index contributed by atoms with van der Waals surface area (Å²) >= 11 is 0. The maximum absolute atomic E-state index is 13.8. The molecule has 1 aromatic heterocycles. The molecule has 0 bridgehead atoms. The van der Waals surface area contributed by atoms with Gasteiger partial charge in [-0.15, -0.1) is 0 Å². The molecule has 0 aliphatic carbocycles. The fourth-order valence-electron chi connectivity index (χ4n) is 4.91. The molecule has 172 valence electrons. The molecule has 0 saturated carbocycles. The lowest BCUT2D eigenvalue weighted by atomic mass is 9.93. The van der Waals surface area contributed by atoms with E-state index in [2.05, 4.69) is 5.32 Å². The fraction of sp³-hybridized carbons (Fsp3) is 0.385. The highest BCUT2D eigenvalue weighted by Gasteiger charge is 2.47. The number of amides is 2. The third-order valence-corrected chi connectivity index (χ3v) is 6.81. The van der Waals surface area contributed by atoms with E-state index in [0.29, 0.717) is 25.3 Å². The Morgan fingerprint density at radius 1 is 1.21 bits per heavy atom. The van der Waals surface area contributed by atoms with E-state index in [1.165, 1.54) is 0 Å². The Balaban J connectivity index is 1.52. The van der Waals surface area contributed by atoms with Gasteiger partial charge in [0.25, 0.3) is 5.91 Å². The van der Waals surface area contributed by atoms with Gasteiger partial charge in [-0.1, -0.05) is 30.3 Å². The Kier molecular flexibility index (Phi) is 5.58. The average molecular weight is 448 g/mol. The number of ether oxygens (including phenoxy) is 2. The van der Waals surface area contributed by atoms with Crippen LogP contribution in [0.4, 0.5) is 0 Å². The first-order valence-electron chi connectivity index (χ1n) is 11.4. The number of fused-ring (bicyclic) bond motifs is 3. The number of nitrogens with zero attached hydrogens (tertiary/aromatic N) is 2. The Morgan fingerprint density at radius 3 is 2.85 bits per heavy atom. The van der Waals surface area contributed by atoms with E-state index < -0.39 is 5.54 Å². The lowest BCUT2D eigenvalue weighted by Gasteiger charge is -2.44. The van der Waals surface area contributed by atoms with Crippen molar-refractivity contribution < 1.29 is 19.1 Å². The Morgan fingerprint density at radius 2 is 2.06 bits per heavy atom. The molecule has 7 nitrogen and oxygen atoms in total. The molecule has 1 saturated heterocycles. The van der Waals surface area contributed by atoms with E-state index in [-0.39, 0.29) is 17.9 Å². The molecule has 5 rings (SSSR count). The van der Waals surface area contributed by atoms with Crippen LogP contribution in [0.3, 0.4) is 0 Å². The molecule has 2 aromatic carbocycles. The minimum Gasteiger partial charge on any atom is -0.497 e. The average Bonchev–Trinajstić information content (AvgIpc) is 3.48. The van der Waals surface area contributed by atoms with Gasteiger partial charge < -0.3 is 24.3 Å². The van der Waals surface area contributed by atoms with Crippen molar-refractivity contribution >= 4 is 22.7 Å². The molecular weight excluding hydrogens is 418 g/mol. The van der Waals surface area contributed by atoms with Crippen LogP contribution in [0.25, 0.3) is 10.9 Å². The van der Waals surface area contributed by atoms with E-state index >= 15 is 0 Å². The number of benzene rings is 2. The molecule has 2 atom stereocenters. The highest BCUT2D eigenvalue weighted by molar-refractivity contribution is 6.03. The number of nitrogens with one attached hydrogen (secondary N) is 1. The Hall–Kier alpha value is -3.32. The maximum atomic E-state index is 13.8. The van der Waals surface area contributed by atoms with Crippen LogP contribution in [0.1, 0.15) is 35.8 Å². The van der Waals surface area contributed by atoms with Gasteiger partial charge >= 0.3 is 0 Å². The number of carbonyl (C=O) groups is 2. The first kappa shape index (κ1) is 21.5. The fourth-order valence-corrected chi connectivity index (χ4v) is 4.91. The molecular formula is C26H29N3O4. The van der Waals surface area contributed by atoms with Gasteiger partial charge in [0.15, 0.2) is 0 Å². The van der Waals surface area contributed by atoms with Crippen LogP contribution in [0.15, 0.2) is 54.6 Å². The van der Waals surface area contributed by atoms with Crippen LogP contribution < -0.4 is 10.1 Å². The second kappa shape index (κ2) is 8.56. The summed E-state index contributed by atoms with van der Waals surface area (Å²) in [6, 6.07) is 17.4. The molecule has 7 heteroatoms. The third-order valence-electron chi connectivity index (χ3n) is 6.81. The molecule has 1 fully saturated rings. The summed E-state index contributed by atoms with van der Waals surface area (Å²) in [7, 11) is 1.62. The number of para-hydroxylation sites is 1. The van der Waals surface area contributed by atoms with Crippen LogP contribution in [0.2, 0.25) is 0 Å². The third kappa shape index (κ3) is 3.86. The van der Waals surface area contributed by atoms with Crippen LogP contribution >= 0.6 is 0 Å². The van der Waals surface area contributed by atoms with E-state index in [9.17, 15) is 9.59 Å². The van der Waals surface area contributed by atoms with E-state index in [0.717, 1.165) is 41.7 Å². The van der Waals surface area contributed by atoms with Gasteiger partial charge in [-0.3, -0.25) is 9.59 Å². The number of hydrogen-bond acceptors (Lipinski definition) is 4. The van der Waals surface area contributed by atoms with Crippen LogP contribution in [0.5, 0.6) is 5.75 Å². The topological polar surface area (TPSA) is 72.8 Å². The molecule has 33 heavy (non-hydrogen) atoms. The predicted molar refractivity (Wildman–Crippen MR) is 125 cm³/mol. The summed E-state index contributed by atoms with van der Waals surface area (Å²) in [5.41, 5.74) is 1.40. The largest absolute Gasteiger partial charge is 0.497 e. The van der Waals surface area contributed by atoms with Crippen molar-refractivity contribution in [3.05, 3.63) is 65.9 Å². The predicted octanol–water partition coefficient (Wildman–Crippen LogP) is 3.36. The molecule has 1 N–H and O–H groups in total. The molecule has 0 radical (unpaired) electrons. The quantitative estimate of drug-likeness (QED) is 0.629. The summed E-state index contributed by atoms with van der Waals surface area (Å²) in [5, 5.41) is 4.06. The smallest absolute Gasteiger partial charge is 0.271 e. The number of rotatable bonds is 6. The number of carbonyl (C=O) groups excluding carboxylic acids is 2. The minimum atomic E-state index is -1.06. The number of methoxy groups -OCH3 is 1. The van der Waals surface area contributed by atoms with Gasteiger partial charge in [0, 0.05) is 30.6 Å². The summed E-state index contributed by atoms with van der Waals surface area (Å²) in [6.45, 7) is 3.73. The molecule has 2 aliphatic heterocycles. The Bertz CT molecular complexity index is 1200. The second-order valence-electron chi connectivity index (χ2n) is 9.04. The zero-order chi connectivity index (χ0) is 23.0. The van der Waals surface area contributed by atoms with Crippen LogP contribution in [-0.4, -0.2) is 53.2 Å². The maximum Gasteiger partial charge on any atom is 0.271 e. The SMILES string of the molecule is COc1cccc(CN2C(=O)c3cc4ccccc4n3CC2(C)C(=O)NCC2CCCO2)c1. The summed E-state index contributed by atoms with van der Waals surface area (Å²) < 4.78 is 13.0. The van der Waals surface area contributed by atoms with E-state index in [1.807, 2.05) is 66.1 Å². The molecule has 3 aromatic rings. The van der Waals surface area contributed by atoms with Gasteiger partial charge in [-0.25, -0.2) is 0 Å². The van der Waals surface area contributed by atoms with Crippen molar-refractivity contribution in [2.24, 2.45) is 0 Å². The highest BCUT2D eigenvalue weighted by atomic mass is 16.5. The van der Waals surface area contributed by atoms with Crippen molar-refractivity contribution in [2.75, 3.05) is 20.3 Å². The van der Waals surface area contributed by atoms with E-state index in [1.54, 1.807) is 12.0 Å². The van der Waals surface area contributed by atoms with Gasteiger partial charge in [0.05, 0.1) is 19.8 Å². The Labute approximate surface area is 193 Å². The molecule has 3 heterocycles. The first-order valence-corrected chi connectivity index (χ1v) is 11.4. The van der Waals surface area contributed by atoms with Gasteiger partial charge in [-0.2, -0.15) is 0 Å². The monoisotopic (exact) mass is 447 g/mol. The van der Waals surface area contributed by atoms with E-state index in [4.69, 9.17) is 9.47 Å². The van der Waals surface area contributed by atoms with Crippen molar-refractivity contribution in [1.82, 2.24) is 14.8 Å². The van der Waals surface area contributed by atoms with Crippen molar-refractivity contribution in [3.63, 3.8) is 0 Å². The molecule has 2 aliphatic rings. The number of hydrogen-bond donors (Lipinski definition) is 1. The molecule has 2 amide bonds. The molecule has 2 unspecified atom stereocenters. The molecule has 0 spiro atoms. The summed E-state index contributed by atoms with van der Waals surface area (Å²) in [4.78, 5) is 29.1. The van der Waals surface area contributed by atoms with Gasteiger partial charge in [0.1, 0.15) is 17.0 Å². The summed E-state index contributed by atoms with van der Waals surface area (Å²) in [5.74, 6) is 0.392. The zero-order valence-electron chi connectivity index (χ0n) is 19.0. The number of aromatic nitrogens is 1. The van der Waals surface area contributed by atoms with Crippen LogP contribution in [0, 0.1) is 0 Å². The standard InChI is InChI=1S/C26H29N3O4/c1-26(25(31)27-15-21-10-6-12-33-21)17-28-22-11-4-3-8-19(22)14-23(28)24(30)29(26)16-18-7-5-9-20(13-18)32-2/h3-5,7-9,11,13-14,21H,6,10,12,15-17H2,1-2H3,(H,27,31). The highest BCUT2D eigenvalue weighted by Crippen LogP contribution is 2.34. The zero-order valence-corrected chi connectivity index (χ0v) is 19.0. The first-order chi connectivity index (χ1) is 16.0. The van der Waals surface area contributed by atoms with Gasteiger partial charge in [0.2, 0.25) is 5.91 Å². The lowest BCUT2D eigenvalue weighted by molar-refractivity contribution is -0.133. The van der Waals surface area contributed by atoms with Crippen molar-refractivity contribution in [3.8, 4) is 5.75 Å². The summed E-state index contributed by atoms with van der Waals surface area (Å²) in [6.07, 6.45) is 1.99. The minimum absolute atomic E-state index is 0.0339. The van der Waals surface area contributed by atoms with Crippen molar-refractivity contribution in [1.29, 1.82) is 0 Å². The normalized spacial score (nSPS) is 22.4. The lowest BCUT2D eigenvalue weighted by Crippen LogP contribution is -2.64. The van der Waals surface area contributed by atoms with Gasteiger partial charge in [-0.05, 0) is 49.6 Å².